The van der Waals surface area contributed by atoms with Gasteiger partial charge in [0.2, 0.25) is 17.7 Å². The Hall–Kier alpha value is -2.39. The summed E-state index contributed by atoms with van der Waals surface area (Å²) >= 11 is 0. The number of rotatable bonds is 6. The molecule has 3 fully saturated rings. The van der Waals surface area contributed by atoms with Gasteiger partial charge in [-0.25, -0.2) is 8.78 Å². The first-order chi connectivity index (χ1) is 16.2. The molecular formula is C24H33F2N5O3. The predicted molar refractivity (Wildman–Crippen MR) is 117 cm³/mol. The summed E-state index contributed by atoms with van der Waals surface area (Å²) in [6.45, 7) is 6.90. The Bertz CT molecular complexity index is 1020. The van der Waals surface area contributed by atoms with Gasteiger partial charge < -0.3 is 13.9 Å². The minimum atomic E-state index is -2.94. The first kappa shape index (κ1) is 23.4. The van der Waals surface area contributed by atoms with Gasteiger partial charge in [0.25, 0.3) is 5.92 Å². The van der Waals surface area contributed by atoms with Crippen molar-refractivity contribution in [1.29, 1.82) is 0 Å². The van der Waals surface area contributed by atoms with Crippen LogP contribution < -0.4 is 0 Å². The molecule has 1 saturated heterocycles. The summed E-state index contributed by atoms with van der Waals surface area (Å²) in [4.78, 5) is 23.9. The molecule has 10 heteroatoms. The lowest BCUT2D eigenvalue weighted by atomic mass is 9.74. The van der Waals surface area contributed by atoms with E-state index in [4.69, 9.17) is 9.05 Å². The highest BCUT2D eigenvalue weighted by Crippen LogP contribution is 2.48. The largest absolute Gasteiger partial charge is 0.343 e. The van der Waals surface area contributed by atoms with E-state index in [1.54, 1.807) is 4.90 Å². The van der Waals surface area contributed by atoms with Gasteiger partial charge in [-0.15, -0.1) is 0 Å². The van der Waals surface area contributed by atoms with Crippen molar-refractivity contribution >= 4 is 5.91 Å². The Morgan fingerprint density at radius 2 is 1.82 bits per heavy atom. The van der Waals surface area contributed by atoms with E-state index in [0.29, 0.717) is 68.1 Å². The molecule has 1 aliphatic heterocycles. The second-order valence-corrected chi connectivity index (χ2v) is 10.9. The Kier molecular flexibility index (Phi) is 5.96. The van der Waals surface area contributed by atoms with Crippen molar-refractivity contribution in [2.45, 2.75) is 101 Å². The summed E-state index contributed by atoms with van der Waals surface area (Å²) in [6, 6.07) is 0. The molecule has 0 bridgehead atoms. The molecule has 3 heterocycles. The summed E-state index contributed by atoms with van der Waals surface area (Å²) in [6.07, 6.45) is 4.02. The van der Waals surface area contributed by atoms with Crippen LogP contribution in [0.25, 0.3) is 0 Å². The highest BCUT2D eigenvalue weighted by molar-refractivity contribution is 5.77. The lowest BCUT2D eigenvalue weighted by Crippen LogP contribution is -2.47. The van der Waals surface area contributed by atoms with Crippen LogP contribution in [0.2, 0.25) is 0 Å². The third-order valence-corrected chi connectivity index (χ3v) is 7.86. The maximum absolute atomic E-state index is 15.0. The number of aromatic nitrogens is 4. The zero-order chi connectivity index (χ0) is 24.1. The van der Waals surface area contributed by atoms with Crippen molar-refractivity contribution in [2.75, 3.05) is 13.1 Å². The Balaban J connectivity index is 1.25. The molecule has 0 unspecified atom stereocenters. The molecule has 2 aliphatic carbocycles. The van der Waals surface area contributed by atoms with Gasteiger partial charge in [-0.1, -0.05) is 31.1 Å². The number of halogens is 2. The van der Waals surface area contributed by atoms with E-state index >= 15 is 8.78 Å². The van der Waals surface area contributed by atoms with E-state index in [2.05, 4.69) is 27.2 Å². The molecule has 2 atom stereocenters. The Morgan fingerprint density at radius 1 is 1.09 bits per heavy atom. The van der Waals surface area contributed by atoms with Crippen LogP contribution in [0.3, 0.4) is 0 Å². The minimum Gasteiger partial charge on any atom is -0.343 e. The van der Waals surface area contributed by atoms with Crippen molar-refractivity contribution in [3.8, 4) is 0 Å². The van der Waals surface area contributed by atoms with Gasteiger partial charge in [0.05, 0.1) is 0 Å². The number of carbonyl (C=O) groups excluding carboxylic acids is 1. The molecule has 2 aromatic rings. The van der Waals surface area contributed by atoms with Crippen molar-refractivity contribution in [3.63, 3.8) is 0 Å². The average Bonchev–Trinajstić information content (AvgIpc) is 3.31. The Labute approximate surface area is 197 Å². The van der Waals surface area contributed by atoms with Crippen LogP contribution in [0.15, 0.2) is 9.05 Å². The van der Waals surface area contributed by atoms with Gasteiger partial charge in [-0.3, -0.25) is 4.79 Å². The number of carbonyl (C=O) groups is 1. The van der Waals surface area contributed by atoms with Gasteiger partial charge in [-0.2, -0.15) is 9.97 Å². The van der Waals surface area contributed by atoms with E-state index in [0.717, 1.165) is 12.8 Å². The summed E-state index contributed by atoms with van der Waals surface area (Å²) < 4.78 is 40.8. The molecule has 3 aliphatic rings. The third kappa shape index (κ3) is 4.47. The molecule has 8 nitrogen and oxygen atoms in total. The number of hydrogen-bond donors (Lipinski definition) is 0. The van der Waals surface area contributed by atoms with Crippen LogP contribution in [0, 0.1) is 5.92 Å². The van der Waals surface area contributed by atoms with Crippen molar-refractivity contribution in [2.24, 2.45) is 5.92 Å². The molecule has 0 aromatic carbocycles. The molecule has 5 rings (SSSR count). The molecule has 0 N–H and O–H groups in total. The monoisotopic (exact) mass is 477 g/mol. The van der Waals surface area contributed by atoms with Gasteiger partial charge in [0, 0.05) is 55.0 Å². The zero-order valence-electron chi connectivity index (χ0n) is 20.1. The third-order valence-electron chi connectivity index (χ3n) is 7.86. The van der Waals surface area contributed by atoms with E-state index < -0.39 is 17.8 Å². The van der Waals surface area contributed by atoms with Crippen LogP contribution >= 0.6 is 0 Å². The fourth-order valence-corrected chi connectivity index (χ4v) is 5.24. The van der Waals surface area contributed by atoms with Crippen LogP contribution in [0.1, 0.15) is 113 Å². The molecule has 1 amide bonds. The van der Waals surface area contributed by atoms with E-state index in [1.807, 2.05) is 13.8 Å². The highest BCUT2D eigenvalue weighted by atomic mass is 19.3. The van der Waals surface area contributed by atoms with E-state index in [1.165, 1.54) is 0 Å². The Morgan fingerprint density at radius 3 is 2.47 bits per heavy atom. The average molecular weight is 478 g/mol. The van der Waals surface area contributed by atoms with Crippen molar-refractivity contribution in [1.82, 2.24) is 25.2 Å². The molecule has 34 heavy (non-hydrogen) atoms. The van der Waals surface area contributed by atoms with Gasteiger partial charge >= 0.3 is 0 Å². The molecule has 0 radical (unpaired) electrons. The van der Waals surface area contributed by atoms with E-state index in [9.17, 15) is 4.79 Å². The maximum Gasteiger partial charge on any atom is 0.252 e. The number of alkyl halides is 2. The number of piperidine rings is 1. The first-order valence-corrected chi connectivity index (χ1v) is 12.5. The SMILES string of the molecule is CC(C)c1nc([C@H]2CCCC(F)(F)[C@@H]2CC(=O)N2CCC(C)(c3noc(C4CC4)n3)CC2)no1. The number of hydrogen-bond acceptors (Lipinski definition) is 7. The molecule has 2 aromatic heterocycles. The van der Waals surface area contributed by atoms with Crippen LogP contribution in [0.4, 0.5) is 8.78 Å². The molecular weight excluding hydrogens is 444 g/mol. The molecule has 0 spiro atoms. The highest BCUT2D eigenvalue weighted by Gasteiger charge is 2.50. The smallest absolute Gasteiger partial charge is 0.252 e. The standard InChI is InChI=1S/C24H33F2N5O3/c1-14(2)20-27-19(29-33-20)16-5-4-8-24(25,26)17(16)13-18(32)31-11-9-23(3,10-12-31)22-28-21(34-30-22)15-6-7-15/h14-17H,4-13H2,1-3H3/t16-,17+/m0/s1. The topological polar surface area (TPSA) is 98.2 Å². The number of likely N-dealkylation sites (tertiary alicyclic amines) is 1. The predicted octanol–water partition coefficient (Wildman–Crippen LogP) is 4.94. The van der Waals surface area contributed by atoms with Crippen LogP contribution in [0.5, 0.6) is 0 Å². The second kappa shape index (κ2) is 8.68. The van der Waals surface area contributed by atoms with Gasteiger partial charge in [0.15, 0.2) is 11.6 Å². The first-order valence-electron chi connectivity index (χ1n) is 12.5. The zero-order valence-corrected chi connectivity index (χ0v) is 20.1. The summed E-state index contributed by atoms with van der Waals surface area (Å²) in [7, 11) is 0. The van der Waals surface area contributed by atoms with E-state index in [-0.39, 0.29) is 30.1 Å². The van der Waals surface area contributed by atoms with Crippen molar-refractivity contribution < 1.29 is 22.6 Å². The van der Waals surface area contributed by atoms with Crippen LogP contribution in [-0.4, -0.2) is 50.1 Å². The fraction of sp³-hybridized carbons (Fsp3) is 0.792. The fourth-order valence-electron chi connectivity index (χ4n) is 5.24. The summed E-state index contributed by atoms with van der Waals surface area (Å²) in [5.74, 6) is -2.33. The number of amides is 1. The quantitative estimate of drug-likeness (QED) is 0.581. The van der Waals surface area contributed by atoms with Gasteiger partial charge in [0.1, 0.15) is 0 Å². The summed E-state index contributed by atoms with van der Waals surface area (Å²) in [5, 5.41) is 8.20. The maximum atomic E-state index is 15.0. The normalized spacial score (nSPS) is 26.7. The lowest BCUT2D eigenvalue weighted by Gasteiger charge is -2.40. The number of nitrogens with zero attached hydrogens (tertiary/aromatic N) is 5. The lowest BCUT2D eigenvalue weighted by molar-refractivity contribution is -0.143. The van der Waals surface area contributed by atoms with Crippen LogP contribution in [-0.2, 0) is 10.2 Å². The second-order valence-electron chi connectivity index (χ2n) is 10.9. The minimum absolute atomic E-state index is 0.0210. The summed E-state index contributed by atoms with van der Waals surface area (Å²) in [5.41, 5.74) is -0.275. The van der Waals surface area contributed by atoms with Gasteiger partial charge in [-0.05, 0) is 38.5 Å². The van der Waals surface area contributed by atoms with Crippen molar-refractivity contribution in [3.05, 3.63) is 23.4 Å². The molecule has 186 valence electrons. The molecule has 2 saturated carbocycles.